The maximum absolute atomic E-state index is 12.7. The molecule has 0 unspecified atom stereocenters. The van der Waals surface area contributed by atoms with Gasteiger partial charge < -0.3 is 14.5 Å². The van der Waals surface area contributed by atoms with Crippen molar-refractivity contribution >= 4 is 11.9 Å². The maximum atomic E-state index is 12.7. The molecule has 126 valence electrons. The molecule has 2 fully saturated rings. The van der Waals surface area contributed by atoms with Crippen LogP contribution in [0.2, 0.25) is 0 Å². The van der Waals surface area contributed by atoms with E-state index in [2.05, 4.69) is 20.0 Å². The van der Waals surface area contributed by atoms with Gasteiger partial charge in [0.25, 0.3) is 5.91 Å². The minimum absolute atomic E-state index is 0.00850. The van der Waals surface area contributed by atoms with E-state index in [1.54, 1.807) is 36.4 Å². The van der Waals surface area contributed by atoms with Crippen LogP contribution in [0.1, 0.15) is 10.5 Å². The summed E-state index contributed by atoms with van der Waals surface area (Å²) >= 11 is 0. The van der Waals surface area contributed by atoms with Gasteiger partial charge in [-0.05, 0) is 12.1 Å². The van der Waals surface area contributed by atoms with Gasteiger partial charge in [0.1, 0.15) is 5.69 Å². The lowest BCUT2D eigenvalue weighted by atomic mass is 10.1. The number of hydrogen-bond donors (Lipinski definition) is 0. The molecule has 24 heavy (non-hydrogen) atoms. The molecule has 8 heteroatoms. The van der Waals surface area contributed by atoms with Crippen LogP contribution in [-0.2, 0) is 11.8 Å². The Morgan fingerprint density at radius 2 is 2.04 bits per heavy atom. The molecule has 0 aromatic carbocycles. The van der Waals surface area contributed by atoms with Crippen LogP contribution < -0.4 is 4.90 Å². The molecule has 4 heterocycles. The fraction of sp³-hybridized carbons (Fsp3) is 0.500. The van der Waals surface area contributed by atoms with Crippen molar-refractivity contribution < 1.29 is 9.53 Å². The van der Waals surface area contributed by atoms with Gasteiger partial charge in [-0.2, -0.15) is 5.10 Å². The number of aromatic nitrogens is 4. The number of rotatable bonds is 2. The molecule has 4 rings (SSSR count). The number of aryl methyl sites for hydroxylation is 1. The molecule has 0 N–H and O–H groups in total. The monoisotopic (exact) mass is 328 g/mol. The molecule has 0 radical (unpaired) electrons. The first-order valence-electron chi connectivity index (χ1n) is 8.13. The van der Waals surface area contributed by atoms with Crippen molar-refractivity contribution in [1.29, 1.82) is 0 Å². The molecule has 2 aliphatic heterocycles. The maximum Gasteiger partial charge on any atom is 0.272 e. The number of carbonyl (C=O) groups excluding carboxylic acids is 1. The van der Waals surface area contributed by atoms with Gasteiger partial charge >= 0.3 is 0 Å². The average molecular weight is 328 g/mol. The highest BCUT2D eigenvalue weighted by molar-refractivity contribution is 5.92. The summed E-state index contributed by atoms with van der Waals surface area (Å²) in [4.78, 5) is 25.3. The van der Waals surface area contributed by atoms with Crippen LogP contribution >= 0.6 is 0 Å². The Morgan fingerprint density at radius 1 is 1.21 bits per heavy atom. The highest BCUT2D eigenvalue weighted by atomic mass is 16.5. The second kappa shape index (κ2) is 6.20. The summed E-state index contributed by atoms with van der Waals surface area (Å²) in [6.45, 7) is 3.49. The van der Waals surface area contributed by atoms with E-state index in [9.17, 15) is 4.79 Å². The van der Waals surface area contributed by atoms with Crippen LogP contribution in [-0.4, -0.2) is 69.4 Å². The number of carbonyl (C=O) groups is 1. The Balaban J connectivity index is 1.48. The molecule has 2 aliphatic rings. The fourth-order valence-corrected chi connectivity index (χ4v) is 3.44. The number of fused-ring (bicyclic) bond motifs is 1. The minimum atomic E-state index is 0.00850. The van der Waals surface area contributed by atoms with Crippen LogP contribution in [0.15, 0.2) is 30.7 Å². The summed E-state index contributed by atoms with van der Waals surface area (Å²) in [5, 5.41) is 4.08. The highest BCUT2D eigenvalue weighted by Gasteiger charge is 2.39. The molecule has 0 aliphatic carbocycles. The third kappa shape index (κ3) is 2.73. The van der Waals surface area contributed by atoms with E-state index < -0.39 is 0 Å². The Kier molecular flexibility index (Phi) is 3.89. The van der Waals surface area contributed by atoms with Gasteiger partial charge in [0.05, 0.1) is 12.7 Å². The molecule has 0 spiro atoms. The summed E-state index contributed by atoms with van der Waals surface area (Å²) in [6.07, 6.45) is 5.21. The molecule has 0 saturated carbocycles. The second-order valence-electron chi connectivity index (χ2n) is 6.21. The van der Waals surface area contributed by atoms with Crippen LogP contribution in [0, 0.1) is 5.92 Å². The number of anilines is 1. The van der Waals surface area contributed by atoms with Gasteiger partial charge in [-0.15, -0.1) is 0 Å². The van der Waals surface area contributed by atoms with Gasteiger partial charge in [0.2, 0.25) is 5.95 Å². The molecular formula is C16H20N6O2. The van der Waals surface area contributed by atoms with Crippen molar-refractivity contribution in [3.63, 3.8) is 0 Å². The summed E-state index contributed by atoms with van der Waals surface area (Å²) in [7, 11) is 1.78. The molecule has 2 aromatic rings. The first-order valence-corrected chi connectivity index (χ1v) is 8.13. The Bertz CT molecular complexity index is 718. The van der Waals surface area contributed by atoms with Gasteiger partial charge in [-0.25, -0.2) is 9.97 Å². The van der Waals surface area contributed by atoms with Gasteiger partial charge in [-0.3, -0.25) is 9.48 Å². The summed E-state index contributed by atoms with van der Waals surface area (Å²) in [5.74, 6) is 0.987. The van der Waals surface area contributed by atoms with Crippen molar-refractivity contribution in [2.45, 2.75) is 6.10 Å². The van der Waals surface area contributed by atoms with E-state index in [4.69, 9.17) is 4.74 Å². The normalized spacial score (nSPS) is 23.9. The number of nitrogens with zero attached hydrogens (tertiary/aromatic N) is 6. The molecule has 8 nitrogen and oxygen atoms in total. The lowest BCUT2D eigenvalue weighted by Gasteiger charge is -2.23. The van der Waals surface area contributed by atoms with E-state index in [1.807, 2.05) is 11.0 Å². The summed E-state index contributed by atoms with van der Waals surface area (Å²) < 4.78 is 7.61. The van der Waals surface area contributed by atoms with Crippen molar-refractivity contribution in [3.8, 4) is 0 Å². The predicted octanol–water partition coefficient (Wildman–Crippen LogP) is 0.187. The molecule has 2 atom stereocenters. The highest BCUT2D eigenvalue weighted by Crippen LogP contribution is 2.26. The van der Waals surface area contributed by atoms with E-state index in [1.165, 1.54) is 0 Å². The Morgan fingerprint density at radius 3 is 2.79 bits per heavy atom. The molecule has 2 saturated heterocycles. The number of ether oxygens (including phenoxy) is 1. The number of hydrogen-bond acceptors (Lipinski definition) is 6. The van der Waals surface area contributed by atoms with Gasteiger partial charge in [0, 0.05) is 57.7 Å². The third-order valence-electron chi connectivity index (χ3n) is 4.69. The predicted molar refractivity (Wildman–Crippen MR) is 86.6 cm³/mol. The van der Waals surface area contributed by atoms with Crippen LogP contribution in [0.4, 0.5) is 5.95 Å². The minimum Gasteiger partial charge on any atom is -0.374 e. The first kappa shape index (κ1) is 15.1. The van der Waals surface area contributed by atoms with Crippen molar-refractivity contribution in [1.82, 2.24) is 24.6 Å². The largest absolute Gasteiger partial charge is 0.374 e. The zero-order chi connectivity index (χ0) is 16.5. The smallest absolute Gasteiger partial charge is 0.272 e. The summed E-state index contributed by atoms with van der Waals surface area (Å²) in [6, 6.07) is 3.56. The molecule has 0 bridgehead atoms. The standard InChI is InChI=1S/C16H20N6O2/c1-20-13(3-6-19-20)15(23)22-10-12-9-21(7-8-24-14(12)11-22)16-17-4-2-5-18-16/h2-6,12,14H,7-11H2,1H3/t12-,14+/m0/s1. The van der Waals surface area contributed by atoms with Crippen molar-refractivity contribution in [3.05, 3.63) is 36.4 Å². The van der Waals surface area contributed by atoms with Crippen LogP contribution in [0.25, 0.3) is 0 Å². The lowest BCUT2D eigenvalue weighted by molar-refractivity contribution is 0.0495. The number of likely N-dealkylation sites (tertiary alicyclic amines) is 1. The second-order valence-corrected chi connectivity index (χ2v) is 6.21. The lowest BCUT2D eigenvalue weighted by Crippen LogP contribution is -2.35. The fourth-order valence-electron chi connectivity index (χ4n) is 3.44. The van der Waals surface area contributed by atoms with Crippen LogP contribution in [0.5, 0.6) is 0 Å². The van der Waals surface area contributed by atoms with Crippen LogP contribution in [0.3, 0.4) is 0 Å². The van der Waals surface area contributed by atoms with Crippen molar-refractivity contribution in [2.75, 3.05) is 37.7 Å². The first-order chi connectivity index (χ1) is 11.7. The summed E-state index contributed by atoms with van der Waals surface area (Å²) in [5.41, 5.74) is 0.606. The van der Waals surface area contributed by atoms with Gasteiger partial charge in [0.15, 0.2) is 0 Å². The zero-order valence-corrected chi connectivity index (χ0v) is 13.6. The van der Waals surface area contributed by atoms with E-state index in [0.717, 1.165) is 19.0 Å². The third-order valence-corrected chi connectivity index (χ3v) is 4.69. The zero-order valence-electron chi connectivity index (χ0n) is 13.6. The number of amides is 1. The SMILES string of the molecule is Cn1nccc1C(=O)N1C[C@@H]2CN(c3ncccn3)CCO[C@@H]2C1. The molecule has 1 amide bonds. The molecular weight excluding hydrogens is 308 g/mol. The van der Waals surface area contributed by atoms with E-state index in [-0.39, 0.29) is 17.9 Å². The van der Waals surface area contributed by atoms with Crippen molar-refractivity contribution in [2.24, 2.45) is 13.0 Å². The Hall–Kier alpha value is -2.48. The van der Waals surface area contributed by atoms with E-state index >= 15 is 0 Å². The quantitative estimate of drug-likeness (QED) is 0.783. The molecule has 2 aromatic heterocycles. The van der Waals surface area contributed by atoms with E-state index in [0.29, 0.717) is 25.4 Å². The van der Waals surface area contributed by atoms with Gasteiger partial charge in [-0.1, -0.05) is 0 Å². The average Bonchev–Trinajstić information content (AvgIpc) is 3.16. The topological polar surface area (TPSA) is 76.4 Å². The Labute approximate surface area is 140 Å².